The fraction of sp³-hybridized carbons (Fsp3) is 0.0769. The van der Waals surface area contributed by atoms with Gasteiger partial charge in [-0.3, -0.25) is 4.70 Å². The first-order valence-electron chi connectivity index (χ1n) is 50.7. The van der Waals surface area contributed by atoms with Crippen LogP contribution in [0, 0.1) is 0 Å². The molecule has 22 aromatic rings. The van der Waals surface area contributed by atoms with Gasteiger partial charge in [-0.25, -0.2) is 0 Å². The molecule has 28 rings (SSSR count). The van der Waals surface area contributed by atoms with Crippen molar-refractivity contribution in [2.24, 2.45) is 0 Å². The van der Waals surface area contributed by atoms with E-state index in [-0.39, 0.29) is 23.0 Å². The zero-order chi connectivity index (χ0) is 97.2. The van der Waals surface area contributed by atoms with E-state index in [1.54, 1.807) is 0 Å². The number of anilines is 5. The Balaban J connectivity index is 0.000000129. The van der Waals surface area contributed by atoms with Gasteiger partial charge in [0.25, 0.3) is 0 Å². The van der Waals surface area contributed by atoms with Crippen LogP contribution in [0.1, 0.15) is 146 Å². The van der Waals surface area contributed by atoms with Gasteiger partial charge in [-0.15, -0.1) is 0 Å². The average molecular weight is 1950 g/mol. The molecule has 1 N–H and O–H groups in total. The highest BCUT2D eigenvalue weighted by Gasteiger charge is 2.60. The van der Waals surface area contributed by atoms with Crippen molar-refractivity contribution in [3.63, 3.8) is 0 Å². The highest BCUT2D eigenvalue weighted by molar-refractivity contribution is 9.10. The van der Waals surface area contributed by atoms with Gasteiger partial charge in [0.2, 0.25) is 0 Å². The highest BCUT2D eigenvalue weighted by Crippen LogP contribution is 2.69. The third-order valence-electron chi connectivity index (χ3n) is 32.3. The van der Waals surface area contributed by atoms with E-state index in [4.69, 9.17) is 0 Å². The van der Waals surface area contributed by atoms with Crippen LogP contribution in [0.2, 0.25) is 0 Å². The van der Waals surface area contributed by atoms with Gasteiger partial charge in [0.1, 0.15) is 0 Å². The van der Waals surface area contributed by atoms with Crippen molar-refractivity contribution in [2.75, 3.05) is 10.2 Å². The Labute approximate surface area is 871 Å². The number of nitrogens with zero attached hydrogens (tertiary/aromatic N) is 1. The van der Waals surface area contributed by atoms with Gasteiger partial charge in [0, 0.05) is 49.2 Å². The summed E-state index contributed by atoms with van der Waals surface area (Å²) >= 11 is 3.94. The second kappa shape index (κ2) is 36.9. The largest absolute Gasteiger partial charge is 0.355 e. The predicted molar refractivity (Wildman–Crippen MR) is 616 cm³/mol. The summed E-state index contributed by atoms with van der Waals surface area (Å²) in [4.78, 5) is 2.58. The quantitative estimate of drug-likeness (QED) is 0.124. The molecule has 704 valence electrons. The molecule has 147 heavy (non-hydrogen) atoms. The zero-order valence-electron chi connectivity index (χ0n) is 81.7. The Bertz CT molecular complexity index is 8480. The van der Waals surface area contributed by atoms with Crippen LogP contribution in [0.15, 0.2) is 550 Å². The molecule has 0 unspecified atom stereocenters. The SMILES string of the molecule is Brc1cccc2c1-c1ccccc1C21c2ccccc2C(c2ccccc2)(c2ccccc2)c2ccccc21.C.CC1(C)c2ccccc2-c2ccc(N(c3cc(-c4ccccc4)cc(-c4ccccc4)c3)c3cccc4c3-c3ccccc3C43c4ccccc4C(c4ccccc4)(c4ccccc4)c4ccccc43)cc21.CC1(C)c2ccccc2-c2ccc(Nc3cc(-c4ccccc4)cc(-c4ccccc4)c3)cc21.F. The molecule has 0 bridgehead atoms. The summed E-state index contributed by atoms with van der Waals surface area (Å²) < 4.78 is 1.14. The van der Waals surface area contributed by atoms with Crippen molar-refractivity contribution >= 4 is 44.4 Å². The first-order chi connectivity index (χ1) is 71.4. The highest BCUT2D eigenvalue weighted by atomic mass is 79.9. The molecule has 4 heteroatoms. The van der Waals surface area contributed by atoms with Gasteiger partial charge in [0.05, 0.1) is 27.3 Å². The van der Waals surface area contributed by atoms with Gasteiger partial charge in [-0.2, -0.15) is 0 Å². The molecule has 6 aliphatic carbocycles. The smallest absolute Gasteiger partial charge is 0.0720 e. The number of hydrogen-bond donors (Lipinski definition) is 1. The fourth-order valence-corrected chi connectivity index (χ4v) is 26.8. The topological polar surface area (TPSA) is 15.3 Å². The van der Waals surface area contributed by atoms with Crippen LogP contribution in [0.5, 0.6) is 0 Å². The molecule has 0 radical (unpaired) electrons. The molecule has 0 amide bonds. The van der Waals surface area contributed by atoms with E-state index in [1.807, 2.05) is 0 Å². The maximum atomic E-state index is 3.94. The molecule has 2 nitrogen and oxygen atoms in total. The van der Waals surface area contributed by atoms with E-state index < -0.39 is 21.7 Å². The van der Waals surface area contributed by atoms with E-state index in [0.717, 1.165) is 32.9 Å². The van der Waals surface area contributed by atoms with Crippen LogP contribution in [0.25, 0.3) is 89.0 Å². The number of rotatable bonds is 13. The minimum atomic E-state index is -0.642. The molecular formula is C143H108BrFN2. The summed E-state index contributed by atoms with van der Waals surface area (Å²) in [5, 5.41) is 3.72. The average Bonchev–Trinajstić information content (AvgIpc) is 1.53. The van der Waals surface area contributed by atoms with Crippen LogP contribution in [-0.4, -0.2) is 0 Å². The summed E-state index contributed by atoms with van der Waals surface area (Å²) in [5.41, 5.74) is 49.7. The van der Waals surface area contributed by atoms with E-state index in [2.05, 4.69) is 600 Å². The monoisotopic (exact) mass is 1950 g/mol. The molecule has 0 atom stereocenters. The Kier molecular flexibility index (Phi) is 23.2. The Morgan fingerprint density at radius 1 is 0.184 bits per heavy atom. The molecule has 0 aromatic heterocycles. The van der Waals surface area contributed by atoms with Crippen LogP contribution in [0.4, 0.5) is 33.1 Å². The molecule has 0 fully saturated rings. The molecule has 0 aliphatic heterocycles. The standard InChI is InChI=1S/C71H51N.C38H25Br.C33H27N.CH4.FH/c1-69(2)59-34-17-15-32-56(59)57-43-42-54(47-66(57)69)72(55-45-50(48-24-7-3-8-25-48)44-51(46-55)49-26-9-4-10-27-49)67-41-23-40-65-68(67)58-33-16-18-35-60(58)71(65)63-38-21-19-36-61(63)70(52-28-11-5-12-29-52,53-30-13-6-14-31-53)62-37-20-22-39-64(62)71;39-35-25-13-24-34-36(35)28-18-7-8-19-29(28)38(34)32-22-11-9-20-30(32)37(26-14-3-1-4-15-26,27-16-5-2-6-17-27)31-21-10-12-23-33(31)38;1-33(2)31-16-10-9-15-29(31)30-18-17-27(22-32(30)33)34-28-20-25(23-11-5-3-6-12-23)19-26(21-28)24-13-7-4-8-14-24;;/h3-47H,1-2H3;1-25H;3-22,34H,1-2H3;1H4;1H. The molecule has 0 saturated carbocycles. The second-order valence-electron chi connectivity index (χ2n) is 40.4. The molecule has 6 aliphatic rings. The maximum Gasteiger partial charge on any atom is 0.0720 e. The maximum absolute atomic E-state index is 3.94. The molecule has 0 heterocycles. The minimum Gasteiger partial charge on any atom is -0.355 e. The van der Waals surface area contributed by atoms with E-state index in [9.17, 15) is 0 Å². The van der Waals surface area contributed by atoms with Gasteiger partial charge in [-0.1, -0.05) is 524 Å². The fourth-order valence-electron chi connectivity index (χ4n) is 26.2. The first kappa shape index (κ1) is 92.3. The third-order valence-corrected chi connectivity index (χ3v) is 33.0. The molecule has 0 saturated heterocycles. The van der Waals surface area contributed by atoms with Crippen molar-refractivity contribution in [3.05, 3.63) is 662 Å². The van der Waals surface area contributed by atoms with Crippen molar-refractivity contribution < 1.29 is 4.70 Å². The number of benzene rings is 22. The van der Waals surface area contributed by atoms with Crippen molar-refractivity contribution in [3.8, 4) is 89.0 Å². The normalized spacial score (nSPS) is 14.2. The van der Waals surface area contributed by atoms with E-state index >= 15 is 0 Å². The lowest BCUT2D eigenvalue weighted by atomic mass is 9.51. The van der Waals surface area contributed by atoms with Gasteiger partial charge < -0.3 is 10.2 Å². The summed E-state index contributed by atoms with van der Waals surface area (Å²) in [6, 6.07) is 202. The summed E-state index contributed by atoms with van der Waals surface area (Å²) in [5.74, 6) is 0. The van der Waals surface area contributed by atoms with Crippen molar-refractivity contribution in [1.29, 1.82) is 0 Å². The lowest BCUT2D eigenvalue weighted by Gasteiger charge is -2.50. The Morgan fingerprint density at radius 3 is 0.830 bits per heavy atom. The lowest BCUT2D eigenvalue weighted by Crippen LogP contribution is -2.44. The Morgan fingerprint density at radius 2 is 0.456 bits per heavy atom. The van der Waals surface area contributed by atoms with Crippen LogP contribution in [0.3, 0.4) is 0 Å². The second-order valence-corrected chi connectivity index (χ2v) is 41.3. The summed E-state index contributed by atoms with van der Waals surface area (Å²) in [6.07, 6.45) is 0. The van der Waals surface area contributed by atoms with E-state index in [1.165, 1.54) is 200 Å². The van der Waals surface area contributed by atoms with Crippen LogP contribution >= 0.6 is 15.9 Å². The predicted octanol–water partition coefficient (Wildman–Crippen LogP) is 37.2. The molecule has 2 spiro atoms. The number of nitrogens with one attached hydrogen (secondary N) is 1. The number of fused-ring (bicyclic) bond motifs is 24. The van der Waals surface area contributed by atoms with Gasteiger partial charge >= 0.3 is 0 Å². The van der Waals surface area contributed by atoms with Crippen molar-refractivity contribution in [1.82, 2.24) is 0 Å². The first-order valence-corrected chi connectivity index (χ1v) is 51.5. The Hall–Kier alpha value is -17.2. The number of halogens is 2. The van der Waals surface area contributed by atoms with Gasteiger partial charge in [0.15, 0.2) is 0 Å². The number of hydrogen-bond acceptors (Lipinski definition) is 2. The van der Waals surface area contributed by atoms with Crippen LogP contribution < -0.4 is 10.2 Å². The van der Waals surface area contributed by atoms with Crippen LogP contribution in [-0.2, 0) is 32.5 Å². The molecular weight excluding hydrogens is 1840 g/mol. The molecule has 22 aromatic carbocycles. The lowest BCUT2D eigenvalue weighted by molar-refractivity contribution is 0.623. The van der Waals surface area contributed by atoms with Crippen molar-refractivity contribution in [2.45, 2.75) is 67.6 Å². The zero-order valence-corrected chi connectivity index (χ0v) is 83.3. The summed E-state index contributed by atoms with van der Waals surface area (Å²) in [6.45, 7) is 9.42. The van der Waals surface area contributed by atoms with E-state index in [0.29, 0.717) is 0 Å². The summed E-state index contributed by atoms with van der Waals surface area (Å²) in [7, 11) is 0. The van der Waals surface area contributed by atoms with Gasteiger partial charge in [-0.05, 0) is 262 Å². The minimum absolute atomic E-state index is 0. The third kappa shape index (κ3) is 14.3.